The van der Waals surface area contributed by atoms with Gasteiger partial charge in [0.05, 0.1) is 10.5 Å². The summed E-state index contributed by atoms with van der Waals surface area (Å²) in [6, 6.07) is 11.2. The molecule has 0 spiro atoms. The Hall–Kier alpha value is -3.55. The zero-order valence-corrected chi connectivity index (χ0v) is 15.5. The maximum Gasteiger partial charge on any atom is 0.338 e. The second-order valence-corrected chi connectivity index (χ2v) is 6.09. The van der Waals surface area contributed by atoms with E-state index in [-0.39, 0.29) is 17.2 Å². The molecule has 1 N–H and O–H groups in total. The van der Waals surface area contributed by atoms with Gasteiger partial charge in [-0.05, 0) is 49.7 Å². The van der Waals surface area contributed by atoms with Gasteiger partial charge in [0.2, 0.25) is 11.7 Å². The van der Waals surface area contributed by atoms with Crippen LogP contribution in [-0.4, -0.2) is 28.7 Å². The second kappa shape index (κ2) is 9.40. The maximum atomic E-state index is 12.4. The number of non-ortho nitro benzene ring substituents is 1. The fraction of sp³-hybridized carbons (Fsp3) is 0.250. The number of esters is 1. The normalized spacial score (nSPS) is 11.4. The van der Waals surface area contributed by atoms with Crippen LogP contribution in [0.1, 0.15) is 47.4 Å². The molecule has 0 saturated heterocycles. The van der Waals surface area contributed by atoms with E-state index in [9.17, 15) is 24.5 Å². The van der Waals surface area contributed by atoms with Crippen molar-refractivity contribution < 1.29 is 24.0 Å². The minimum Gasteiger partial charge on any atom is -0.451 e. The number of nitrogens with one attached hydrogen (secondary N) is 1. The van der Waals surface area contributed by atoms with Crippen LogP contribution in [0.3, 0.4) is 0 Å². The number of nitro benzene ring substituents is 1. The first kappa shape index (κ1) is 20.8. The summed E-state index contributed by atoms with van der Waals surface area (Å²) >= 11 is 0. The summed E-state index contributed by atoms with van der Waals surface area (Å²) in [6.45, 7) is 3.35. The number of Topliss-reactive ketones (excluding diaryl/α,β-unsaturated/α-hetero) is 1. The lowest BCUT2D eigenvalue weighted by Gasteiger charge is -2.13. The number of anilines is 1. The largest absolute Gasteiger partial charge is 0.451 e. The number of nitrogens with zero attached hydrogens (tertiary/aromatic N) is 1. The zero-order valence-electron chi connectivity index (χ0n) is 15.5. The molecule has 0 radical (unpaired) electrons. The minimum absolute atomic E-state index is 0.105. The van der Waals surface area contributed by atoms with E-state index in [2.05, 4.69) is 5.32 Å². The van der Waals surface area contributed by atoms with Crippen molar-refractivity contribution in [3.63, 3.8) is 0 Å². The Morgan fingerprint density at radius 3 is 2.14 bits per heavy atom. The molecule has 1 amide bonds. The molecule has 8 nitrogen and oxygen atoms in total. The number of hydrogen-bond acceptors (Lipinski definition) is 6. The van der Waals surface area contributed by atoms with Crippen LogP contribution in [0, 0.1) is 10.1 Å². The van der Waals surface area contributed by atoms with E-state index < -0.39 is 22.8 Å². The van der Waals surface area contributed by atoms with E-state index in [0.717, 1.165) is 6.42 Å². The molecule has 0 aliphatic carbocycles. The molecule has 0 aromatic heterocycles. The van der Waals surface area contributed by atoms with Gasteiger partial charge in [-0.15, -0.1) is 0 Å². The average Bonchev–Trinajstić information content (AvgIpc) is 2.68. The number of benzene rings is 2. The average molecular weight is 384 g/mol. The van der Waals surface area contributed by atoms with Crippen LogP contribution < -0.4 is 5.32 Å². The molecule has 2 aromatic rings. The van der Waals surface area contributed by atoms with E-state index in [1.807, 2.05) is 6.92 Å². The second-order valence-electron chi connectivity index (χ2n) is 6.09. The lowest BCUT2D eigenvalue weighted by molar-refractivity contribution is -0.384. The van der Waals surface area contributed by atoms with Crippen molar-refractivity contribution in [2.75, 3.05) is 5.32 Å². The smallest absolute Gasteiger partial charge is 0.338 e. The standard InChI is InChI=1S/C20H20N2O6/c1-3-4-18(23)21-16-9-5-14(6-10-16)19(24)13(2)28-20(25)15-7-11-17(12-8-15)22(26)27/h5-13H,3-4H2,1-2H3,(H,21,23)/t13-/m1/s1. The Kier molecular flexibility index (Phi) is 6.97. The van der Waals surface area contributed by atoms with Crippen molar-refractivity contribution in [1.29, 1.82) is 0 Å². The Morgan fingerprint density at radius 2 is 1.61 bits per heavy atom. The first-order chi connectivity index (χ1) is 13.3. The molecule has 0 aliphatic heterocycles. The number of hydrogen-bond donors (Lipinski definition) is 1. The number of carbonyl (C=O) groups excluding carboxylic acids is 3. The number of ether oxygens (including phenoxy) is 1. The highest BCUT2D eigenvalue weighted by Crippen LogP contribution is 2.16. The van der Waals surface area contributed by atoms with Crippen LogP contribution in [-0.2, 0) is 9.53 Å². The first-order valence-corrected chi connectivity index (χ1v) is 8.71. The highest BCUT2D eigenvalue weighted by Gasteiger charge is 2.21. The summed E-state index contributed by atoms with van der Waals surface area (Å²) in [5.41, 5.74) is 0.869. The summed E-state index contributed by atoms with van der Waals surface area (Å²) in [4.78, 5) is 46.2. The Morgan fingerprint density at radius 1 is 1.04 bits per heavy atom. The summed E-state index contributed by atoms with van der Waals surface area (Å²) in [7, 11) is 0. The predicted molar refractivity (Wildman–Crippen MR) is 102 cm³/mol. The molecular weight excluding hydrogens is 364 g/mol. The Labute approximate surface area is 161 Å². The summed E-state index contributed by atoms with van der Waals surface area (Å²) in [6.07, 6.45) is 0.110. The highest BCUT2D eigenvalue weighted by atomic mass is 16.6. The molecule has 0 bridgehead atoms. The van der Waals surface area contributed by atoms with E-state index in [0.29, 0.717) is 17.7 Å². The van der Waals surface area contributed by atoms with Gasteiger partial charge < -0.3 is 10.1 Å². The molecule has 28 heavy (non-hydrogen) atoms. The van der Waals surface area contributed by atoms with Crippen molar-refractivity contribution in [2.24, 2.45) is 0 Å². The molecule has 0 unspecified atom stereocenters. The van der Waals surface area contributed by atoms with Gasteiger partial charge in [-0.2, -0.15) is 0 Å². The molecule has 146 valence electrons. The van der Waals surface area contributed by atoms with Gasteiger partial charge in [0.15, 0.2) is 6.10 Å². The van der Waals surface area contributed by atoms with Gasteiger partial charge in [0.1, 0.15) is 0 Å². The summed E-state index contributed by atoms with van der Waals surface area (Å²) < 4.78 is 5.15. The molecule has 0 heterocycles. The summed E-state index contributed by atoms with van der Waals surface area (Å²) in [5, 5.41) is 13.4. The molecule has 2 rings (SSSR count). The van der Waals surface area contributed by atoms with E-state index >= 15 is 0 Å². The molecule has 8 heteroatoms. The predicted octanol–water partition coefficient (Wildman–Crippen LogP) is 3.76. The molecule has 0 fully saturated rings. The van der Waals surface area contributed by atoms with Gasteiger partial charge in [-0.1, -0.05) is 6.92 Å². The van der Waals surface area contributed by atoms with Gasteiger partial charge in [-0.25, -0.2) is 4.79 Å². The Bertz CT molecular complexity index is 875. The van der Waals surface area contributed by atoms with Gasteiger partial charge in [0, 0.05) is 29.8 Å². The number of nitro groups is 1. The first-order valence-electron chi connectivity index (χ1n) is 8.71. The van der Waals surface area contributed by atoms with Gasteiger partial charge in [-0.3, -0.25) is 19.7 Å². The molecule has 0 aliphatic rings. The third-order valence-corrected chi connectivity index (χ3v) is 3.90. The van der Waals surface area contributed by atoms with Crippen LogP contribution in [0.4, 0.5) is 11.4 Å². The van der Waals surface area contributed by atoms with Crippen LogP contribution >= 0.6 is 0 Å². The number of amides is 1. The fourth-order valence-electron chi connectivity index (χ4n) is 2.40. The third-order valence-electron chi connectivity index (χ3n) is 3.90. The van der Waals surface area contributed by atoms with E-state index in [1.54, 1.807) is 24.3 Å². The SMILES string of the molecule is CCCC(=O)Nc1ccc(C(=O)[C@@H](C)OC(=O)c2ccc([N+](=O)[O-])cc2)cc1. The third kappa shape index (κ3) is 5.47. The zero-order chi connectivity index (χ0) is 20.7. The lowest BCUT2D eigenvalue weighted by Crippen LogP contribution is -2.24. The fourth-order valence-corrected chi connectivity index (χ4v) is 2.40. The monoisotopic (exact) mass is 384 g/mol. The quantitative estimate of drug-likeness (QED) is 0.321. The highest BCUT2D eigenvalue weighted by molar-refractivity contribution is 6.02. The van der Waals surface area contributed by atoms with Crippen molar-refractivity contribution in [3.8, 4) is 0 Å². The molecule has 0 saturated carbocycles. The van der Waals surface area contributed by atoms with Gasteiger partial charge >= 0.3 is 5.97 Å². The lowest BCUT2D eigenvalue weighted by atomic mass is 10.1. The topological polar surface area (TPSA) is 116 Å². The van der Waals surface area contributed by atoms with Crippen LogP contribution in [0.25, 0.3) is 0 Å². The van der Waals surface area contributed by atoms with Crippen molar-refractivity contribution >= 4 is 29.0 Å². The van der Waals surface area contributed by atoms with Crippen LogP contribution in [0.15, 0.2) is 48.5 Å². The number of rotatable bonds is 8. The molecule has 1 atom stereocenters. The van der Waals surface area contributed by atoms with Crippen LogP contribution in [0.2, 0.25) is 0 Å². The Balaban J connectivity index is 1.98. The summed E-state index contributed by atoms with van der Waals surface area (Å²) in [5.74, 6) is -1.26. The molecular formula is C20H20N2O6. The maximum absolute atomic E-state index is 12.4. The van der Waals surface area contributed by atoms with Crippen molar-refractivity contribution in [2.45, 2.75) is 32.8 Å². The van der Waals surface area contributed by atoms with Gasteiger partial charge in [0.25, 0.3) is 5.69 Å². The minimum atomic E-state index is -1.04. The van der Waals surface area contributed by atoms with E-state index in [1.165, 1.54) is 31.2 Å². The van der Waals surface area contributed by atoms with E-state index in [4.69, 9.17) is 4.74 Å². The van der Waals surface area contributed by atoms with Crippen molar-refractivity contribution in [3.05, 3.63) is 69.8 Å². The number of carbonyl (C=O) groups is 3. The molecule has 2 aromatic carbocycles. The van der Waals surface area contributed by atoms with Crippen LogP contribution in [0.5, 0.6) is 0 Å². The number of ketones is 1. The van der Waals surface area contributed by atoms with Crippen molar-refractivity contribution in [1.82, 2.24) is 0 Å².